The van der Waals surface area contributed by atoms with Crippen LogP contribution in [0.5, 0.6) is 5.75 Å². The molecule has 1 aromatic heterocycles. The summed E-state index contributed by atoms with van der Waals surface area (Å²) in [4.78, 5) is 38.5. The lowest BCUT2D eigenvalue weighted by Crippen LogP contribution is -2.58. The zero-order valence-corrected chi connectivity index (χ0v) is 20.2. The van der Waals surface area contributed by atoms with E-state index in [2.05, 4.69) is 9.97 Å². The summed E-state index contributed by atoms with van der Waals surface area (Å²) in [5.41, 5.74) is 0.0521. The normalized spacial score (nSPS) is 20.8. The third kappa shape index (κ3) is 5.84. The second-order valence-electron chi connectivity index (χ2n) is 8.59. The van der Waals surface area contributed by atoms with E-state index in [1.54, 1.807) is 54.1 Å². The first-order valence-corrected chi connectivity index (χ1v) is 11.7. The van der Waals surface area contributed by atoms with Crippen LogP contribution < -0.4 is 4.74 Å². The van der Waals surface area contributed by atoms with Crippen molar-refractivity contribution in [2.45, 2.75) is 25.9 Å². The van der Waals surface area contributed by atoms with E-state index < -0.39 is 5.60 Å². The van der Waals surface area contributed by atoms with E-state index in [0.29, 0.717) is 60.7 Å². The molecule has 2 aromatic rings. The van der Waals surface area contributed by atoms with Gasteiger partial charge < -0.3 is 24.0 Å². The van der Waals surface area contributed by atoms with E-state index in [9.17, 15) is 9.59 Å². The van der Waals surface area contributed by atoms with Crippen LogP contribution in [0.3, 0.4) is 0 Å². The van der Waals surface area contributed by atoms with Crippen LogP contribution >= 0.6 is 11.6 Å². The Kier molecular flexibility index (Phi) is 7.65. The smallest absolute Gasteiger partial charge is 0.257 e. The van der Waals surface area contributed by atoms with E-state index in [0.717, 1.165) is 0 Å². The first kappa shape index (κ1) is 24.4. The van der Waals surface area contributed by atoms with Gasteiger partial charge in [-0.25, -0.2) is 9.97 Å². The number of carbonyl (C=O) groups is 2. The van der Waals surface area contributed by atoms with Gasteiger partial charge in [0.15, 0.2) is 0 Å². The monoisotopic (exact) mass is 488 g/mol. The number of hydrogen-bond donors (Lipinski definition) is 0. The van der Waals surface area contributed by atoms with Crippen molar-refractivity contribution < 1.29 is 23.8 Å². The molecular weight excluding hydrogens is 460 g/mol. The highest BCUT2D eigenvalue weighted by Crippen LogP contribution is 2.27. The molecule has 2 amide bonds. The first-order valence-electron chi connectivity index (χ1n) is 11.3. The average Bonchev–Trinajstić information content (AvgIpc) is 2.83. The van der Waals surface area contributed by atoms with Crippen LogP contribution in [0.25, 0.3) is 0 Å². The Bertz CT molecular complexity index is 1050. The number of hydrogen-bond acceptors (Lipinski definition) is 7. The first-order chi connectivity index (χ1) is 16.3. The Balaban J connectivity index is 1.55. The van der Waals surface area contributed by atoms with Gasteiger partial charge in [0.05, 0.1) is 44.0 Å². The largest absolute Gasteiger partial charge is 0.490 e. The Morgan fingerprint density at radius 2 is 1.91 bits per heavy atom. The molecule has 2 fully saturated rings. The Hall–Kier alpha value is -2.75. The highest BCUT2D eigenvalue weighted by atomic mass is 35.5. The number of amides is 2. The van der Waals surface area contributed by atoms with Gasteiger partial charge in [-0.2, -0.15) is 0 Å². The number of carbonyl (C=O) groups excluding carboxylic acids is 2. The molecule has 9 nitrogen and oxygen atoms in total. The molecular formula is C24H29ClN4O5. The molecule has 4 rings (SSSR count). The Morgan fingerprint density at radius 1 is 1.15 bits per heavy atom. The molecule has 34 heavy (non-hydrogen) atoms. The fourth-order valence-electron chi connectivity index (χ4n) is 4.20. The number of aromatic nitrogens is 2. The number of halogens is 1. The quantitative estimate of drug-likeness (QED) is 0.615. The predicted molar refractivity (Wildman–Crippen MR) is 125 cm³/mol. The lowest BCUT2D eigenvalue weighted by molar-refractivity contribution is -0.155. The summed E-state index contributed by atoms with van der Waals surface area (Å²) in [6.07, 6.45) is 1.64. The van der Waals surface area contributed by atoms with Gasteiger partial charge in [0.25, 0.3) is 5.91 Å². The van der Waals surface area contributed by atoms with Crippen molar-refractivity contribution in [3.05, 3.63) is 52.6 Å². The maximum atomic E-state index is 13.3. The van der Waals surface area contributed by atoms with E-state index in [4.69, 9.17) is 25.8 Å². The van der Waals surface area contributed by atoms with Crippen LogP contribution in [0.1, 0.15) is 28.3 Å². The minimum absolute atomic E-state index is 0.0536. The minimum atomic E-state index is -1.01. The summed E-state index contributed by atoms with van der Waals surface area (Å²) >= 11 is 6.10. The molecule has 2 saturated heterocycles. The molecule has 0 bridgehead atoms. The van der Waals surface area contributed by atoms with E-state index in [1.165, 1.54) is 0 Å². The van der Waals surface area contributed by atoms with Crippen molar-refractivity contribution in [1.29, 1.82) is 0 Å². The second-order valence-corrected chi connectivity index (χ2v) is 9.03. The number of benzene rings is 1. The second kappa shape index (κ2) is 10.7. The van der Waals surface area contributed by atoms with Crippen molar-refractivity contribution in [3.63, 3.8) is 0 Å². The van der Waals surface area contributed by atoms with Crippen molar-refractivity contribution in [2.75, 3.05) is 52.6 Å². The minimum Gasteiger partial charge on any atom is -0.490 e. The van der Waals surface area contributed by atoms with E-state index >= 15 is 0 Å². The summed E-state index contributed by atoms with van der Waals surface area (Å²) in [5, 5.41) is 0.548. The van der Waals surface area contributed by atoms with Gasteiger partial charge in [0.1, 0.15) is 23.8 Å². The van der Waals surface area contributed by atoms with Crippen LogP contribution in [0.15, 0.2) is 30.5 Å². The van der Waals surface area contributed by atoms with Crippen molar-refractivity contribution in [2.24, 2.45) is 0 Å². The van der Waals surface area contributed by atoms with Gasteiger partial charge in [-0.1, -0.05) is 17.7 Å². The number of rotatable bonds is 6. The summed E-state index contributed by atoms with van der Waals surface area (Å²) < 4.78 is 17.6. The number of nitrogens with zero attached hydrogens (tertiary/aromatic N) is 4. The molecule has 0 saturated carbocycles. The number of ether oxygens (including phenoxy) is 3. The van der Waals surface area contributed by atoms with Crippen molar-refractivity contribution in [1.82, 2.24) is 19.8 Å². The van der Waals surface area contributed by atoms with Crippen LogP contribution in [0, 0.1) is 13.8 Å². The molecule has 182 valence electrons. The topological polar surface area (TPSA) is 94.1 Å². The van der Waals surface area contributed by atoms with Gasteiger partial charge >= 0.3 is 0 Å². The highest BCUT2D eigenvalue weighted by Gasteiger charge is 2.43. The number of aryl methyl sites for hydroxylation is 2. The highest BCUT2D eigenvalue weighted by molar-refractivity contribution is 6.30. The van der Waals surface area contributed by atoms with Crippen LogP contribution in [-0.4, -0.2) is 89.8 Å². The molecule has 0 aliphatic carbocycles. The SMILES string of the molecule is Cc1ncc(C(=O)N2CCOC(COc3cccc(Cl)c3)(CC(=O)N3CCOCC3)C2)c(C)n1. The molecule has 1 atom stereocenters. The Morgan fingerprint density at radius 3 is 2.65 bits per heavy atom. The third-order valence-corrected chi connectivity index (χ3v) is 6.24. The maximum absolute atomic E-state index is 13.3. The maximum Gasteiger partial charge on any atom is 0.257 e. The summed E-state index contributed by atoms with van der Waals surface area (Å²) in [7, 11) is 0. The van der Waals surface area contributed by atoms with Crippen molar-refractivity contribution in [3.8, 4) is 5.75 Å². The molecule has 2 aliphatic rings. The summed E-state index contributed by atoms with van der Waals surface area (Å²) in [5.74, 6) is 0.936. The van der Waals surface area contributed by atoms with Crippen molar-refractivity contribution >= 4 is 23.4 Å². The van der Waals surface area contributed by atoms with Crippen LogP contribution in [0.4, 0.5) is 0 Å². The molecule has 1 aromatic carbocycles. The van der Waals surface area contributed by atoms with Gasteiger partial charge in [0.2, 0.25) is 5.91 Å². The predicted octanol–water partition coefficient (Wildman–Crippen LogP) is 2.29. The zero-order valence-electron chi connectivity index (χ0n) is 19.5. The van der Waals surface area contributed by atoms with Gasteiger partial charge in [-0.3, -0.25) is 9.59 Å². The Labute approximate surface area is 204 Å². The summed E-state index contributed by atoms with van der Waals surface area (Å²) in [6.45, 7) is 6.65. The lowest BCUT2D eigenvalue weighted by atomic mass is 9.96. The molecule has 10 heteroatoms. The van der Waals surface area contributed by atoms with Gasteiger partial charge in [0, 0.05) is 30.9 Å². The molecule has 0 N–H and O–H groups in total. The lowest BCUT2D eigenvalue weighted by Gasteiger charge is -2.43. The van der Waals surface area contributed by atoms with Crippen LogP contribution in [-0.2, 0) is 14.3 Å². The molecule has 3 heterocycles. The summed E-state index contributed by atoms with van der Waals surface area (Å²) in [6, 6.07) is 7.05. The van der Waals surface area contributed by atoms with Gasteiger partial charge in [-0.05, 0) is 32.0 Å². The third-order valence-electron chi connectivity index (χ3n) is 6.00. The fraction of sp³-hybridized carbons (Fsp3) is 0.500. The molecule has 0 radical (unpaired) electrons. The van der Waals surface area contributed by atoms with Crippen LogP contribution in [0.2, 0.25) is 5.02 Å². The molecule has 1 unspecified atom stereocenters. The average molecular weight is 489 g/mol. The standard InChI is InChI=1S/C24H29ClN4O5/c1-17-21(14-26-18(2)27-17)23(31)29-8-11-34-24(15-29,13-22(30)28-6-9-32-10-7-28)16-33-20-5-3-4-19(25)12-20/h3-5,12,14H,6-11,13,15-16H2,1-2H3. The zero-order chi connectivity index (χ0) is 24.1. The molecule has 2 aliphatic heterocycles. The molecule has 0 spiro atoms. The fourth-order valence-corrected chi connectivity index (χ4v) is 4.38. The number of morpholine rings is 2. The van der Waals surface area contributed by atoms with E-state index in [1.807, 2.05) is 0 Å². The van der Waals surface area contributed by atoms with Gasteiger partial charge in [-0.15, -0.1) is 0 Å². The van der Waals surface area contributed by atoms with E-state index in [-0.39, 0.29) is 38.0 Å².